The zero-order valence-corrected chi connectivity index (χ0v) is 27.6. The molecule has 0 saturated carbocycles. The number of benzene rings is 5. The van der Waals surface area contributed by atoms with E-state index in [0.29, 0.717) is 32.3 Å². The minimum Gasteiger partial charge on any atom is -0.480 e. The van der Waals surface area contributed by atoms with Gasteiger partial charge >= 0.3 is 17.9 Å². The molecule has 1 aliphatic heterocycles. The molecule has 5 aromatic rings. The van der Waals surface area contributed by atoms with Gasteiger partial charge < -0.3 is 23.7 Å². The summed E-state index contributed by atoms with van der Waals surface area (Å²) in [5.41, 5.74) is 0.845. The van der Waals surface area contributed by atoms with Gasteiger partial charge in [-0.1, -0.05) is 88.9 Å². The van der Waals surface area contributed by atoms with E-state index < -0.39 is 36.7 Å². The molecule has 12 heteroatoms. The number of hydrogen-bond donors (Lipinski definition) is 0. The monoisotopic (exact) mass is 722 g/mol. The van der Waals surface area contributed by atoms with Crippen molar-refractivity contribution < 1.29 is 38.1 Å². The van der Waals surface area contributed by atoms with Crippen LogP contribution in [-0.4, -0.2) is 31.1 Å². The molecule has 0 atom stereocenters. The molecule has 48 heavy (non-hydrogen) atoms. The van der Waals surface area contributed by atoms with Gasteiger partial charge in [0, 0.05) is 26.7 Å². The molecule has 1 aliphatic rings. The lowest BCUT2D eigenvalue weighted by atomic mass is 9.80. The van der Waals surface area contributed by atoms with Crippen LogP contribution >= 0.6 is 46.4 Å². The molecule has 0 spiro atoms. The highest BCUT2D eigenvalue weighted by molar-refractivity contribution is 6.36. The molecule has 1 heterocycles. The third-order valence-corrected chi connectivity index (χ3v) is 8.30. The van der Waals surface area contributed by atoms with Crippen LogP contribution < -0.4 is 18.9 Å². The number of carbonyl (C=O) groups excluding carboxylic acids is 3. The SMILES string of the molecule is O=C(COc1ccc(Cl)cc1Cl)Oc1ccc(C2(c3ccc(OC(=O)COc4ccc(Cl)cc4Cl)cc3)OC(=O)c3ccccc32)cc1. The Bertz CT molecular complexity index is 1900. The van der Waals surface area contributed by atoms with Crippen molar-refractivity contribution in [3.05, 3.63) is 152 Å². The summed E-state index contributed by atoms with van der Waals surface area (Å²) in [5.74, 6) is -0.769. The van der Waals surface area contributed by atoms with Crippen LogP contribution in [-0.2, 0) is 19.9 Å². The van der Waals surface area contributed by atoms with Crippen molar-refractivity contribution in [1.82, 2.24) is 0 Å². The molecule has 0 amide bonds. The maximum atomic E-state index is 13.1. The average molecular weight is 724 g/mol. The molecule has 242 valence electrons. The van der Waals surface area contributed by atoms with E-state index in [1.165, 1.54) is 12.1 Å². The summed E-state index contributed by atoms with van der Waals surface area (Å²) < 4.78 is 27.9. The van der Waals surface area contributed by atoms with Crippen LogP contribution in [0.4, 0.5) is 0 Å². The van der Waals surface area contributed by atoms with Gasteiger partial charge in [-0.15, -0.1) is 0 Å². The highest BCUT2D eigenvalue weighted by Crippen LogP contribution is 2.47. The van der Waals surface area contributed by atoms with Gasteiger partial charge in [0.05, 0.1) is 15.6 Å². The molecule has 0 aliphatic carbocycles. The number of esters is 3. The summed E-state index contributed by atoms with van der Waals surface area (Å²) in [7, 11) is 0. The van der Waals surface area contributed by atoms with E-state index in [2.05, 4.69) is 0 Å². The fourth-order valence-electron chi connectivity index (χ4n) is 5.11. The van der Waals surface area contributed by atoms with Crippen LogP contribution in [0.3, 0.4) is 0 Å². The Labute approximate surface area is 294 Å². The van der Waals surface area contributed by atoms with Crippen molar-refractivity contribution in [2.24, 2.45) is 0 Å². The van der Waals surface area contributed by atoms with Crippen molar-refractivity contribution in [3.63, 3.8) is 0 Å². The molecule has 5 aromatic carbocycles. The molecule has 0 fully saturated rings. The van der Waals surface area contributed by atoms with Crippen LogP contribution in [0.1, 0.15) is 27.0 Å². The highest BCUT2D eigenvalue weighted by Gasteiger charge is 2.48. The first-order valence-electron chi connectivity index (χ1n) is 14.2. The molecule has 0 N–H and O–H groups in total. The largest absolute Gasteiger partial charge is 0.480 e. The van der Waals surface area contributed by atoms with E-state index in [9.17, 15) is 14.4 Å². The summed E-state index contributed by atoms with van der Waals surface area (Å²) in [6.07, 6.45) is 0. The second-order valence-corrected chi connectivity index (χ2v) is 12.0. The molecule has 0 saturated heterocycles. The average Bonchev–Trinajstić information content (AvgIpc) is 3.37. The third kappa shape index (κ3) is 7.07. The van der Waals surface area contributed by atoms with Crippen molar-refractivity contribution >= 4 is 64.3 Å². The van der Waals surface area contributed by atoms with E-state index >= 15 is 0 Å². The van der Waals surface area contributed by atoms with Gasteiger partial charge in [-0.25, -0.2) is 14.4 Å². The minimum absolute atomic E-state index is 0.242. The predicted molar refractivity (Wildman–Crippen MR) is 180 cm³/mol. The molecular formula is C36H22Cl4O8. The van der Waals surface area contributed by atoms with Crippen LogP contribution in [0.15, 0.2) is 109 Å². The molecule has 0 radical (unpaired) electrons. The number of halogens is 4. The van der Waals surface area contributed by atoms with Gasteiger partial charge in [0.25, 0.3) is 0 Å². The standard InChI is InChI=1S/C36H22Cl4O8/c37-23-9-15-31(29(39)17-23)44-19-33(41)46-25-11-5-21(6-12-25)36(28-4-2-1-3-27(28)35(43)48-36)22-7-13-26(14-8-22)47-34(42)20-45-32-16-10-24(38)18-30(32)40/h1-18H,19-20H2. The first kappa shape index (κ1) is 33.2. The Morgan fingerprint density at radius 1 is 0.604 bits per heavy atom. The number of cyclic esters (lactones) is 1. The normalized spacial score (nSPS) is 12.9. The van der Waals surface area contributed by atoms with Crippen LogP contribution in [0.25, 0.3) is 0 Å². The summed E-state index contributed by atoms with van der Waals surface area (Å²) in [5, 5.41) is 1.39. The molecular weight excluding hydrogens is 702 g/mol. The van der Waals surface area contributed by atoms with Crippen LogP contribution in [0.5, 0.6) is 23.0 Å². The fraction of sp³-hybridized carbons (Fsp3) is 0.0833. The summed E-state index contributed by atoms with van der Waals surface area (Å²) in [4.78, 5) is 38.1. The number of carbonyl (C=O) groups is 3. The van der Waals surface area contributed by atoms with E-state index in [4.69, 9.17) is 70.1 Å². The third-order valence-electron chi connectivity index (χ3n) is 7.24. The first-order valence-corrected chi connectivity index (χ1v) is 15.7. The zero-order chi connectivity index (χ0) is 33.8. The summed E-state index contributed by atoms with van der Waals surface area (Å²) in [6, 6.07) is 29.5. The van der Waals surface area contributed by atoms with E-state index in [1.54, 1.807) is 91.0 Å². The molecule has 8 nitrogen and oxygen atoms in total. The van der Waals surface area contributed by atoms with E-state index in [-0.39, 0.29) is 33.0 Å². The lowest BCUT2D eigenvalue weighted by Gasteiger charge is -2.30. The number of fused-ring (bicyclic) bond motifs is 1. The first-order chi connectivity index (χ1) is 23.1. The van der Waals surface area contributed by atoms with Gasteiger partial charge in [0.1, 0.15) is 23.0 Å². The summed E-state index contributed by atoms with van der Waals surface area (Å²) >= 11 is 24.0. The number of rotatable bonds is 10. The lowest BCUT2D eigenvalue weighted by molar-refractivity contribution is -0.137. The van der Waals surface area contributed by atoms with Gasteiger partial charge in [-0.05, 0) is 66.7 Å². The topological polar surface area (TPSA) is 97.4 Å². The molecule has 0 unspecified atom stereocenters. The fourth-order valence-corrected chi connectivity index (χ4v) is 6.03. The Kier molecular flexibility index (Phi) is 9.80. The summed E-state index contributed by atoms with van der Waals surface area (Å²) in [6.45, 7) is -0.786. The maximum absolute atomic E-state index is 13.1. The Balaban J connectivity index is 1.19. The van der Waals surface area contributed by atoms with Gasteiger partial charge in [-0.2, -0.15) is 0 Å². The number of ether oxygens (including phenoxy) is 5. The van der Waals surface area contributed by atoms with Gasteiger partial charge in [0.15, 0.2) is 18.8 Å². The molecule has 0 aromatic heterocycles. The second-order valence-electron chi connectivity index (χ2n) is 10.3. The molecule has 6 rings (SSSR count). The second kappa shape index (κ2) is 14.2. The van der Waals surface area contributed by atoms with Gasteiger partial charge in [-0.3, -0.25) is 0 Å². The predicted octanol–water partition coefficient (Wildman–Crippen LogP) is 8.73. The van der Waals surface area contributed by atoms with Crippen LogP contribution in [0, 0.1) is 0 Å². The van der Waals surface area contributed by atoms with E-state index in [1.807, 2.05) is 6.07 Å². The van der Waals surface area contributed by atoms with Crippen molar-refractivity contribution in [1.29, 1.82) is 0 Å². The lowest BCUT2D eigenvalue weighted by Crippen LogP contribution is -2.29. The van der Waals surface area contributed by atoms with Crippen molar-refractivity contribution in [3.8, 4) is 23.0 Å². The quantitative estimate of drug-likeness (QED) is 0.104. The molecule has 0 bridgehead atoms. The minimum atomic E-state index is -1.35. The van der Waals surface area contributed by atoms with Gasteiger partial charge in [0.2, 0.25) is 0 Å². The van der Waals surface area contributed by atoms with Crippen molar-refractivity contribution in [2.45, 2.75) is 5.60 Å². The van der Waals surface area contributed by atoms with Crippen LogP contribution in [0.2, 0.25) is 20.1 Å². The van der Waals surface area contributed by atoms with E-state index in [0.717, 1.165) is 0 Å². The smallest absolute Gasteiger partial charge is 0.349 e. The maximum Gasteiger partial charge on any atom is 0.349 e. The number of hydrogen-bond acceptors (Lipinski definition) is 8. The Morgan fingerprint density at radius 2 is 1.06 bits per heavy atom. The Hall–Kier alpha value is -4.73. The highest BCUT2D eigenvalue weighted by atomic mass is 35.5. The van der Waals surface area contributed by atoms with Crippen molar-refractivity contribution in [2.75, 3.05) is 13.2 Å². The zero-order valence-electron chi connectivity index (χ0n) is 24.6. The Morgan fingerprint density at radius 3 is 1.52 bits per heavy atom.